The molecule has 1 aliphatic carbocycles. The molecule has 0 spiro atoms. The molecule has 0 radical (unpaired) electrons. The summed E-state index contributed by atoms with van der Waals surface area (Å²) in [6.07, 6.45) is 0. The standard InChI is InChI=1S/C73H58N4/c1-51-19-17-29-61(43-51)74(57-21-9-5-10-22-57)63-35-31-53-33-37-65(47-55(53)45-63)76(59-25-13-7-14-26-59)67-39-41-69-70-42-40-68(50-72(70)73(3,4)71(69)49-67)77(60-27-15-8-16-28-60)66-38-34-54-32-36-64(46-56(54)48-66)75(58-23-11-6-12-24-58)62-30-18-20-52(2)44-62/h5-50H,1-4H3. The highest BCUT2D eigenvalue weighted by molar-refractivity contribution is 5.96. The number of anilines is 12. The number of hydrogen-bond donors (Lipinski definition) is 0. The van der Waals surface area contributed by atoms with Crippen molar-refractivity contribution >= 4 is 89.8 Å². The number of hydrogen-bond acceptors (Lipinski definition) is 4. The van der Waals surface area contributed by atoms with Crippen molar-refractivity contribution in [2.24, 2.45) is 0 Å². The maximum atomic E-state index is 2.43. The van der Waals surface area contributed by atoms with Gasteiger partial charge in [0, 0.05) is 73.7 Å². The van der Waals surface area contributed by atoms with Gasteiger partial charge in [-0.25, -0.2) is 0 Å². The van der Waals surface area contributed by atoms with Crippen LogP contribution < -0.4 is 19.6 Å². The third kappa shape index (κ3) is 8.84. The van der Waals surface area contributed by atoms with Gasteiger partial charge in [0.25, 0.3) is 0 Å². The summed E-state index contributed by atoms with van der Waals surface area (Å²) in [7, 11) is 0. The molecule has 77 heavy (non-hydrogen) atoms. The van der Waals surface area contributed by atoms with E-state index in [0.717, 1.165) is 68.2 Å². The van der Waals surface area contributed by atoms with E-state index in [1.165, 1.54) is 54.9 Å². The van der Waals surface area contributed by atoms with E-state index >= 15 is 0 Å². The first-order valence-electron chi connectivity index (χ1n) is 26.6. The number of para-hydroxylation sites is 4. The molecule has 0 N–H and O–H groups in total. The second kappa shape index (κ2) is 19.6. The van der Waals surface area contributed by atoms with Crippen LogP contribution in [0.5, 0.6) is 0 Å². The summed E-state index contributed by atoms with van der Waals surface area (Å²) in [5, 5.41) is 4.72. The largest absolute Gasteiger partial charge is 0.310 e. The lowest BCUT2D eigenvalue weighted by molar-refractivity contribution is 0.660. The van der Waals surface area contributed by atoms with Crippen LogP contribution >= 0.6 is 0 Å². The number of fused-ring (bicyclic) bond motifs is 5. The SMILES string of the molecule is Cc1cccc(N(c2ccccc2)c2ccc3ccc(N(c4ccccc4)c4ccc5c(c4)C(C)(C)c4cc(N(c6ccccc6)c6ccc7ccc(N(c8ccccc8)c8cccc(C)c8)cc7c6)ccc4-5)cc3c2)c1. The van der Waals surface area contributed by atoms with Crippen LogP contribution in [0.4, 0.5) is 68.2 Å². The van der Waals surface area contributed by atoms with Crippen molar-refractivity contribution in [2.45, 2.75) is 33.1 Å². The fourth-order valence-corrected chi connectivity index (χ4v) is 11.6. The summed E-state index contributed by atoms with van der Waals surface area (Å²) < 4.78 is 0. The van der Waals surface area contributed by atoms with Crippen LogP contribution in [0.3, 0.4) is 0 Å². The zero-order chi connectivity index (χ0) is 52.0. The van der Waals surface area contributed by atoms with Crippen molar-refractivity contribution in [1.29, 1.82) is 0 Å². The molecule has 12 aromatic carbocycles. The van der Waals surface area contributed by atoms with E-state index in [2.05, 4.69) is 326 Å². The van der Waals surface area contributed by atoms with Gasteiger partial charge in [0.1, 0.15) is 0 Å². The Labute approximate surface area is 452 Å². The molecule has 4 nitrogen and oxygen atoms in total. The van der Waals surface area contributed by atoms with Gasteiger partial charge in [0.15, 0.2) is 0 Å². The Morgan fingerprint density at radius 2 is 0.481 bits per heavy atom. The summed E-state index contributed by atoms with van der Waals surface area (Å²) in [5.41, 5.74) is 20.7. The lowest BCUT2D eigenvalue weighted by Gasteiger charge is -2.29. The van der Waals surface area contributed by atoms with Gasteiger partial charge in [-0.15, -0.1) is 0 Å². The minimum absolute atomic E-state index is 0.300. The number of benzene rings is 12. The molecule has 13 rings (SSSR count). The van der Waals surface area contributed by atoms with E-state index in [0.29, 0.717) is 0 Å². The van der Waals surface area contributed by atoms with Crippen LogP contribution in [-0.4, -0.2) is 0 Å². The van der Waals surface area contributed by atoms with Gasteiger partial charge in [0.2, 0.25) is 0 Å². The van der Waals surface area contributed by atoms with Gasteiger partial charge in [-0.3, -0.25) is 0 Å². The Hall–Kier alpha value is -9.64. The number of rotatable bonds is 12. The van der Waals surface area contributed by atoms with Crippen LogP contribution in [0.15, 0.2) is 279 Å². The maximum absolute atomic E-state index is 2.43. The van der Waals surface area contributed by atoms with Crippen molar-refractivity contribution in [1.82, 2.24) is 0 Å². The smallest absolute Gasteiger partial charge is 0.0468 e. The van der Waals surface area contributed by atoms with E-state index in [-0.39, 0.29) is 5.41 Å². The third-order valence-electron chi connectivity index (χ3n) is 15.4. The van der Waals surface area contributed by atoms with Crippen LogP contribution in [0.2, 0.25) is 0 Å². The molecule has 0 aromatic heterocycles. The van der Waals surface area contributed by atoms with Crippen LogP contribution in [-0.2, 0) is 5.41 Å². The van der Waals surface area contributed by atoms with Crippen LogP contribution in [0.25, 0.3) is 32.7 Å². The lowest BCUT2D eigenvalue weighted by Crippen LogP contribution is -2.17. The van der Waals surface area contributed by atoms with Gasteiger partial charge in [0.05, 0.1) is 0 Å². The summed E-state index contributed by atoms with van der Waals surface area (Å²) in [5.74, 6) is 0. The Morgan fingerprint density at radius 1 is 0.221 bits per heavy atom. The van der Waals surface area contributed by atoms with E-state index in [4.69, 9.17) is 0 Å². The van der Waals surface area contributed by atoms with Crippen molar-refractivity contribution in [3.8, 4) is 11.1 Å². The van der Waals surface area contributed by atoms with Crippen LogP contribution in [0.1, 0.15) is 36.1 Å². The number of aryl methyl sites for hydroxylation is 2. The fourth-order valence-electron chi connectivity index (χ4n) is 11.6. The Morgan fingerprint density at radius 3 is 0.779 bits per heavy atom. The van der Waals surface area contributed by atoms with Gasteiger partial charge in [-0.05, 0) is 214 Å². The van der Waals surface area contributed by atoms with Crippen molar-refractivity contribution in [3.63, 3.8) is 0 Å². The van der Waals surface area contributed by atoms with Crippen molar-refractivity contribution < 1.29 is 0 Å². The van der Waals surface area contributed by atoms with Crippen LogP contribution in [0, 0.1) is 13.8 Å². The average molecular weight is 991 g/mol. The van der Waals surface area contributed by atoms with E-state index < -0.39 is 0 Å². The summed E-state index contributed by atoms with van der Waals surface area (Å²) in [6, 6.07) is 102. The molecule has 4 heteroatoms. The Bertz CT molecular complexity index is 3850. The van der Waals surface area contributed by atoms with Gasteiger partial charge < -0.3 is 19.6 Å². The molecule has 1 aliphatic rings. The molecule has 12 aromatic rings. The summed E-state index contributed by atoms with van der Waals surface area (Å²) in [6.45, 7) is 9.09. The van der Waals surface area contributed by atoms with Gasteiger partial charge >= 0.3 is 0 Å². The molecule has 0 atom stereocenters. The zero-order valence-corrected chi connectivity index (χ0v) is 43.8. The maximum Gasteiger partial charge on any atom is 0.0468 e. The number of nitrogens with zero attached hydrogens (tertiary/aromatic N) is 4. The van der Waals surface area contributed by atoms with Crippen molar-refractivity contribution in [2.75, 3.05) is 19.6 Å². The van der Waals surface area contributed by atoms with Crippen molar-refractivity contribution in [3.05, 3.63) is 301 Å². The summed E-state index contributed by atoms with van der Waals surface area (Å²) in [4.78, 5) is 9.52. The molecule has 0 saturated heterocycles. The minimum Gasteiger partial charge on any atom is -0.310 e. The Balaban J connectivity index is 0.876. The first-order chi connectivity index (χ1) is 37.7. The van der Waals surface area contributed by atoms with Gasteiger partial charge in [-0.1, -0.05) is 147 Å². The quantitative estimate of drug-likeness (QED) is 0.121. The Kier molecular flexibility index (Phi) is 12.0. The van der Waals surface area contributed by atoms with E-state index in [9.17, 15) is 0 Å². The molecule has 0 saturated carbocycles. The fraction of sp³-hybridized carbons (Fsp3) is 0.0685. The highest BCUT2D eigenvalue weighted by Gasteiger charge is 2.37. The zero-order valence-electron chi connectivity index (χ0n) is 43.8. The molecule has 0 amide bonds. The first kappa shape index (κ1) is 47.1. The second-order valence-electron chi connectivity index (χ2n) is 20.9. The molecule has 0 fully saturated rings. The molecule has 0 unspecified atom stereocenters. The molecule has 370 valence electrons. The van der Waals surface area contributed by atoms with E-state index in [1.807, 2.05) is 0 Å². The third-order valence-corrected chi connectivity index (χ3v) is 15.4. The average Bonchev–Trinajstić information content (AvgIpc) is 3.76. The van der Waals surface area contributed by atoms with Gasteiger partial charge in [-0.2, -0.15) is 0 Å². The highest BCUT2D eigenvalue weighted by atomic mass is 15.2. The topological polar surface area (TPSA) is 13.0 Å². The molecule has 0 bridgehead atoms. The molecular weight excluding hydrogens is 933 g/mol. The highest BCUT2D eigenvalue weighted by Crippen LogP contribution is 2.53. The monoisotopic (exact) mass is 990 g/mol. The second-order valence-corrected chi connectivity index (χ2v) is 20.9. The lowest BCUT2D eigenvalue weighted by atomic mass is 9.82. The predicted molar refractivity (Wildman–Crippen MR) is 327 cm³/mol. The predicted octanol–water partition coefficient (Wildman–Crippen LogP) is 20.8. The summed E-state index contributed by atoms with van der Waals surface area (Å²) >= 11 is 0. The normalized spacial score (nSPS) is 12.3. The minimum atomic E-state index is -0.300. The van der Waals surface area contributed by atoms with E-state index in [1.54, 1.807) is 0 Å². The first-order valence-corrected chi connectivity index (χ1v) is 26.6. The molecular formula is C73H58N4. The molecule has 0 aliphatic heterocycles. The molecule has 0 heterocycles.